The number of aliphatic hydroxyl groups is 2. The van der Waals surface area contributed by atoms with Crippen molar-refractivity contribution >= 4 is 0 Å². The van der Waals surface area contributed by atoms with Crippen LogP contribution in [0.25, 0.3) is 0 Å². The third kappa shape index (κ3) is 10.1. The quantitative estimate of drug-likeness (QED) is 0.306. The van der Waals surface area contributed by atoms with Gasteiger partial charge in [0.25, 0.3) is 0 Å². The van der Waals surface area contributed by atoms with Gasteiger partial charge < -0.3 is 15.3 Å². The zero-order chi connectivity index (χ0) is 19.0. The van der Waals surface area contributed by atoms with Crippen LogP contribution in [0.1, 0.15) is 63.0 Å². The van der Waals surface area contributed by atoms with Gasteiger partial charge in [-0.15, -0.1) is 0 Å². The van der Waals surface area contributed by atoms with Gasteiger partial charge in [0, 0.05) is 5.56 Å². The Kier molecular flexibility index (Phi) is 13.1. The first-order valence-electron chi connectivity index (χ1n) is 9.77. The lowest BCUT2D eigenvalue weighted by Gasteiger charge is -2.21. The van der Waals surface area contributed by atoms with Crippen molar-refractivity contribution in [1.29, 1.82) is 0 Å². The van der Waals surface area contributed by atoms with Crippen LogP contribution in [-0.4, -0.2) is 47.0 Å². The van der Waals surface area contributed by atoms with Crippen molar-refractivity contribution in [3.63, 3.8) is 0 Å². The summed E-state index contributed by atoms with van der Waals surface area (Å²) in [6.45, 7) is 2.35. The summed E-state index contributed by atoms with van der Waals surface area (Å²) in [6.07, 6.45) is 9.88. The van der Waals surface area contributed by atoms with Gasteiger partial charge in [-0.2, -0.15) is 0 Å². The summed E-state index contributed by atoms with van der Waals surface area (Å²) >= 11 is 0. The maximum atomic E-state index is 10.1. The van der Waals surface area contributed by atoms with Gasteiger partial charge in [-0.1, -0.05) is 62.8 Å². The molecule has 0 atom stereocenters. The second-order valence-corrected chi connectivity index (χ2v) is 6.44. The van der Waals surface area contributed by atoms with Gasteiger partial charge in [-0.25, -0.2) is 0 Å². The van der Waals surface area contributed by atoms with E-state index in [9.17, 15) is 5.11 Å². The number of unbranched alkanes of at least 4 members (excludes halogenated alkanes) is 6. The molecule has 1 aromatic rings. The average molecular weight is 370 g/mol. The molecule has 150 valence electrons. The van der Waals surface area contributed by atoms with Crippen molar-refractivity contribution in [2.45, 2.75) is 64.8 Å². The molecule has 0 spiro atoms. The molecular formula is C20H35NO5. The minimum atomic E-state index is -0.136. The van der Waals surface area contributed by atoms with Gasteiger partial charge in [0.05, 0.1) is 33.0 Å². The van der Waals surface area contributed by atoms with Crippen molar-refractivity contribution in [2.75, 3.05) is 26.4 Å². The lowest BCUT2D eigenvalue weighted by molar-refractivity contribution is -0.378. The number of aryl methyl sites for hydroxylation is 1. The minimum Gasteiger partial charge on any atom is -0.508 e. The molecule has 0 saturated carbocycles. The number of aliphatic hydroxyl groups excluding tert-OH is 2. The van der Waals surface area contributed by atoms with Gasteiger partial charge in [0.15, 0.2) is 0 Å². The topological polar surface area (TPSA) is 82.4 Å². The fourth-order valence-electron chi connectivity index (χ4n) is 2.76. The van der Waals surface area contributed by atoms with Crippen LogP contribution in [0.5, 0.6) is 5.75 Å². The van der Waals surface area contributed by atoms with Crippen LogP contribution in [0.15, 0.2) is 18.2 Å². The van der Waals surface area contributed by atoms with Crippen molar-refractivity contribution in [1.82, 2.24) is 5.23 Å². The van der Waals surface area contributed by atoms with Crippen LogP contribution in [0.3, 0.4) is 0 Å². The SMILES string of the molecule is CCCCCCCCCc1ccc(O)c(CN(OCCO)OCCO)c1. The van der Waals surface area contributed by atoms with E-state index in [1.54, 1.807) is 6.07 Å². The third-order valence-corrected chi connectivity index (χ3v) is 4.17. The molecule has 1 aromatic carbocycles. The van der Waals surface area contributed by atoms with E-state index in [0.29, 0.717) is 5.56 Å². The van der Waals surface area contributed by atoms with E-state index in [1.165, 1.54) is 49.3 Å². The van der Waals surface area contributed by atoms with E-state index >= 15 is 0 Å². The fraction of sp³-hybridized carbons (Fsp3) is 0.700. The number of phenols is 1. The van der Waals surface area contributed by atoms with Crippen LogP contribution in [0.2, 0.25) is 0 Å². The molecule has 26 heavy (non-hydrogen) atoms. The highest BCUT2D eigenvalue weighted by molar-refractivity contribution is 5.36. The zero-order valence-electron chi connectivity index (χ0n) is 16.0. The molecule has 1 rings (SSSR count). The Morgan fingerprint density at radius 3 is 2.12 bits per heavy atom. The summed E-state index contributed by atoms with van der Waals surface area (Å²) in [4.78, 5) is 10.6. The van der Waals surface area contributed by atoms with Crippen molar-refractivity contribution < 1.29 is 25.0 Å². The minimum absolute atomic E-state index is 0.0872. The lowest BCUT2D eigenvalue weighted by atomic mass is 10.0. The van der Waals surface area contributed by atoms with E-state index < -0.39 is 0 Å². The van der Waals surface area contributed by atoms with Crippen LogP contribution in [-0.2, 0) is 22.6 Å². The molecule has 3 N–H and O–H groups in total. The second kappa shape index (κ2) is 14.9. The summed E-state index contributed by atoms with van der Waals surface area (Å²) in [5.41, 5.74) is 1.87. The first-order chi connectivity index (χ1) is 12.7. The zero-order valence-corrected chi connectivity index (χ0v) is 16.0. The third-order valence-electron chi connectivity index (χ3n) is 4.17. The van der Waals surface area contributed by atoms with Crippen LogP contribution < -0.4 is 0 Å². The standard InChI is InChI=1S/C20H35NO5/c1-2-3-4-5-6-7-8-9-18-10-11-20(24)19(16-18)17-21(25-14-12-22)26-15-13-23/h10-11,16,22-24H,2-9,12-15,17H2,1H3. The van der Waals surface area contributed by atoms with Crippen molar-refractivity contribution in [2.24, 2.45) is 0 Å². The van der Waals surface area contributed by atoms with Gasteiger partial charge in [-0.3, -0.25) is 9.68 Å². The highest BCUT2D eigenvalue weighted by Gasteiger charge is 2.11. The highest BCUT2D eigenvalue weighted by atomic mass is 16.9. The van der Waals surface area contributed by atoms with Crippen LogP contribution >= 0.6 is 0 Å². The van der Waals surface area contributed by atoms with E-state index in [0.717, 1.165) is 12.8 Å². The Bertz CT molecular complexity index is 462. The molecule has 0 aromatic heterocycles. The largest absolute Gasteiger partial charge is 0.508 e. The summed E-state index contributed by atoms with van der Waals surface area (Å²) in [6, 6.07) is 5.61. The molecule has 0 fully saturated rings. The first kappa shape index (κ1) is 22.9. The molecule has 0 amide bonds. The number of phenolic OH excluding ortho intramolecular Hbond substituents is 1. The number of hydrogen-bond donors (Lipinski definition) is 3. The summed E-state index contributed by atoms with van der Waals surface area (Å²) in [7, 11) is 0. The molecule has 0 heterocycles. The number of nitrogens with zero attached hydrogens (tertiary/aromatic N) is 1. The summed E-state index contributed by atoms with van der Waals surface area (Å²) < 4.78 is 0. The Labute approximate surface area is 157 Å². The van der Waals surface area contributed by atoms with Gasteiger partial charge in [0.2, 0.25) is 0 Å². The normalized spacial score (nSPS) is 11.4. The van der Waals surface area contributed by atoms with Gasteiger partial charge in [-0.05, 0) is 24.5 Å². The number of hydrogen-bond acceptors (Lipinski definition) is 6. The fourth-order valence-corrected chi connectivity index (χ4v) is 2.76. The molecule has 6 nitrogen and oxygen atoms in total. The smallest absolute Gasteiger partial charge is 0.120 e. The molecule has 0 aliphatic carbocycles. The van der Waals surface area contributed by atoms with Crippen molar-refractivity contribution in [3.8, 4) is 5.75 Å². The molecule has 0 radical (unpaired) electrons. The lowest BCUT2D eigenvalue weighted by Crippen LogP contribution is -2.27. The van der Waals surface area contributed by atoms with E-state index in [4.69, 9.17) is 19.9 Å². The molecule has 0 unspecified atom stereocenters. The maximum absolute atomic E-state index is 10.1. The van der Waals surface area contributed by atoms with Gasteiger partial charge >= 0.3 is 0 Å². The molecule has 0 bridgehead atoms. The average Bonchev–Trinajstić information content (AvgIpc) is 2.65. The van der Waals surface area contributed by atoms with E-state index in [1.807, 2.05) is 12.1 Å². The number of hydroxylamine groups is 2. The van der Waals surface area contributed by atoms with Gasteiger partial charge in [0.1, 0.15) is 5.75 Å². The Morgan fingerprint density at radius 1 is 0.885 bits per heavy atom. The number of aromatic hydroxyl groups is 1. The number of benzene rings is 1. The van der Waals surface area contributed by atoms with E-state index in [-0.39, 0.29) is 38.7 Å². The predicted molar refractivity (Wildman–Crippen MR) is 101 cm³/mol. The molecule has 0 aliphatic heterocycles. The highest BCUT2D eigenvalue weighted by Crippen LogP contribution is 2.22. The predicted octanol–water partition coefficient (Wildman–Crippen LogP) is 3.34. The molecular weight excluding hydrogens is 334 g/mol. The van der Waals surface area contributed by atoms with Crippen molar-refractivity contribution in [3.05, 3.63) is 29.3 Å². The summed E-state index contributed by atoms with van der Waals surface area (Å²) in [5, 5.41) is 29.1. The monoisotopic (exact) mass is 369 g/mol. The molecule has 0 aliphatic rings. The van der Waals surface area contributed by atoms with Crippen LogP contribution in [0, 0.1) is 0 Å². The van der Waals surface area contributed by atoms with E-state index in [2.05, 4.69) is 6.92 Å². The van der Waals surface area contributed by atoms with Crippen LogP contribution in [0.4, 0.5) is 0 Å². The Morgan fingerprint density at radius 2 is 1.50 bits per heavy atom. The first-order valence-corrected chi connectivity index (χ1v) is 9.77. The maximum Gasteiger partial charge on any atom is 0.120 e. The molecule has 6 heteroatoms. The second-order valence-electron chi connectivity index (χ2n) is 6.44. The molecule has 0 saturated heterocycles. The number of rotatable bonds is 16. The Hall–Kier alpha value is -1.18. The summed E-state index contributed by atoms with van der Waals surface area (Å²) in [5.74, 6) is 0.179. The Balaban J connectivity index is 2.48.